The minimum atomic E-state index is 0.365. The van der Waals surface area contributed by atoms with Crippen LogP contribution in [0.3, 0.4) is 0 Å². The van der Waals surface area contributed by atoms with E-state index in [-0.39, 0.29) is 0 Å². The lowest BCUT2D eigenvalue weighted by molar-refractivity contribution is -0.139. The van der Waals surface area contributed by atoms with Gasteiger partial charge in [0, 0.05) is 18.0 Å². The Hall–Kier alpha value is -0.570. The van der Waals surface area contributed by atoms with Crippen LogP contribution < -0.4 is 5.73 Å². The minimum absolute atomic E-state index is 0.365. The maximum atomic E-state index is 12.2. The predicted molar refractivity (Wildman–Crippen MR) is 58.2 cm³/mol. The third kappa shape index (κ3) is 1.32. The Balaban J connectivity index is 1.73. The lowest BCUT2D eigenvalue weighted by Gasteiger charge is -2.32. The topological polar surface area (TPSA) is 46.3 Å². The third-order valence-corrected chi connectivity index (χ3v) is 4.68. The van der Waals surface area contributed by atoms with Gasteiger partial charge in [-0.25, -0.2) is 0 Å². The van der Waals surface area contributed by atoms with Gasteiger partial charge in [-0.15, -0.1) is 0 Å². The molecule has 2 aliphatic heterocycles. The van der Waals surface area contributed by atoms with Crippen molar-refractivity contribution in [3.63, 3.8) is 0 Å². The number of carbonyl (C=O) groups is 1. The zero-order chi connectivity index (χ0) is 10.4. The fraction of sp³-hybridized carbons (Fsp3) is 0.917. The van der Waals surface area contributed by atoms with Gasteiger partial charge in [-0.05, 0) is 44.6 Å². The number of rotatable bonds is 2. The average Bonchev–Trinajstić information content (AvgIpc) is 2.70. The molecule has 0 radical (unpaired) electrons. The van der Waals surface area contributed by atoms with Crippen LogP contribution >= 0.6 is 0 Å². The van der Waals surface area contributed by atoms with Crippen LogP contribution in [0.4, 0.5) is 0 Å². The van der Waals surface area contributed by atoms with Gasteiger partial charge in [0.25, 0.3) is 0 Å². The second kappa shape index (κ2) is 3.48. The van der Waals surface area contributed by atoms with E-state index < -0.39 is 0 Å². The van der Waals surface area contributed by atoms with E-state index in [4.69, 9.17) is 5.73 Å². The molecule has 0 spiro atoms. The number of hydrogen-bond acceptors (Lipinski definition) is 2. The van der Waals surface area contributed by atoms with Crippen LogP contribution in [0.5, 0.6) is 0 Å². The van der Waals surface area contributed by atoms with Crippen LogP contribution in [0.1, 0.15) is 38.5 Å². The second-order valence-electron chi connectivity index (χ2n) is 5.40. The highest BCUT2D eigenvalue weighted by Crippen LogP contribution is 2.43. The molecule has 3 rings (SSSR count). The quantitative estimate of drug-likeness (QED) is 0.739. The summed E-state index contributed by atoms with van der Waals surface area (Å²) in [5.41, 5.74) is 5.77. The van der Waals surface area contributed by atoms with Crippen molar-refractivity contribution in [2.45, 2.75) is 50.6 Å². The van der Waals surface area contributed by atoms with Crippen molar-refractivity contribution in [2.75, 3.05) is 6.54 Å². The molecular weight excluding hydrogens is 188 g/mol. The van der Waals surface area contributed by atoms with Gasteiger partial charge in [0.1, 0.15) is 0 Å². The molecule has 3 fully saturated rings. The third-order valence-electron chi connectivity index (χ3n) is 4.68. The van der Waals surface area contributed by atoms with Gasteiger partial charge < -0.3 is 10.6 Å². The van der Waals surface area contributed by atoms with Crippen LogP contribution in [0, 0.1) is 11.8 Å². The number of carbonyl (C=O) groups excluding carboxylic acids is 1. The molecule has 1 amide bonds. The monoisotopic (exact) mass is 208 g/mol. The summed E-state index contributed by atoms with van der Waals surface area (Å²) in [6.45, 7) is 0.760. The van der Waals surface area contributed by atoms with Crippen molar-refractivity contribution in [1.29, 1.82) is 0 Å². The second-order valence-corrected chi connectivity index (χ2v) is 5.40. The molecule has 0 aromatic carbocycles. The summed E-state index contributed by atoms with van der Waals surface area (Å²) in [6.07, 6.45) is 7.09. The summed E-state index contributed by atoms with van der Waals surface area (Å²) in [7, 11) is 0. The van der Waals surface area contributed by atoms with Gasteiger partial charge in [0.15, 0.2) is 0 Å². The van der Waals surface area contributed by atoms with Crippen molar-refractivity contribution in [3.05, 3.63) is 0 Å². The van der Waals surface area contributed by atoms with Gasteiger partial charge >= 0.3 is 0 Å². The molecule has 3 atom stereocenters. The van der Waals surface area contributed by atoms with Gasteiger partial charge in [0.05, 0.1) is 0 Å². The molecule has 2 N–H and O–H groups in total. The van der Waals surface area contributed by atoms with E-state index in [9.17, 15) is 4.79 Å². The highest BCUT2D eigenvalue weighted by atomic mass is 16.2. The molecule has 3 nitrogen and oxygen atoms in total. The fourth-order valence-corrected chi connectivity index (χ4v) is 3.58. The normalized spacial score (nSPS) is 39.5. The Morgan fingerprint density at radius 1 is 1.27 bits per heavy atom. The van der Waals surface area contributed by atoms with Crippen LogP contribution in [-0.2, 0) is 4.79 Å². The largest absolute Gasteiger partial charge is 0.336 e. The average molecular weight is 208 g/mol. The Morgan fingerprint density at radius 2 is 2.07 bits per heavy atom. The first-order valence-electron chi connectivity index (χ1n) is 6.33. The molecule has 84 valence electrons. The van der Waals surface area contributed by atoms with Gasteiger partial charge in [-0.3, -0.25) is 4.79 Å². The zero-order valence-corrected chi connectivity index (χ0v) is 9.19. The Morgan fingerprint density at radius 3 is 2.60 bits per heavy atom. The van der Waals surface area contributed by atoms with E-state index in [0.29, 0.717) is 29.8 Å². The van der Waals surface area contributed by atoms with Crippen LogP contribution in [0.25, 0.3) is 0 Å². The highest BCUT2D eigenvalue weighted by Gasteiger charge is 2.49. The summed E-state index contributed by atoms with van der Waals surface area (Å²) in [4.78, 5) is 14.4. The maximum absolute atomic E-state index is 12.2. The Bertz CT molecular complexity index is 275. The molecule has 1 aliphatic carbocycles. The smallest absolute Gasteiger partial charge is 0.226 e. The lowest BCUT2D eigenvalue weighted by Crippen LogP contribution is -2.43. The zero-order valence-electron chi connectivity index (χ0n) is 9.19. The molecule has 0 aromatic rings. The molecule has 2 bridgehead atoms. The SMILES string of the molecule is NCC1CC2CCC1N2C(=O)C1CCC1. The van der Waals surface area contributed by atoms with Crippen LogP contribution in [0.2, 0.25) is 0 Å². The van der Waals surface area contributed by atoms with Gasteiger partial charge in [-0.2, -0.15) is 0 Å². The Labute approximate surface area is 91.0 Å². The molecule has 3 aliphatic rings. The van der Waals surface area contributed by atoms with Crippen molar-refractivity contribution in [2.24, 2.45) is 17.6 Å². The standard InChI is InChI=1S/C12H20N2O/c13-7-9-6-10-4-5-11(9)14(10)12(15)8-2-1-3-8/h8-11H,1-7,13H2. The first kappa shape index (κ1) is 9.64. The van der Waals surface area contributed by atoms with Crippen LogP contribution in [-0.4, -0.2) is 29.4 Å². The number of fused-ring (bicyclic) bond motifs is 2. The molecular formula is C12H20N2O. The minimum Gasteiger partial charge on any atom is -0.336 e. The summed E-state index contributed by atoms with van der Waals surface area (Å²) >= 11 is 0. The number of nitrogens with zero attached hydrogens (tertiary/aromatic N) is 1. The summed E-state index contributed by atoms with van der Waals surface area (Å²) in [5, 5.41) is 0. The first-order valence-corrected chi connectivity index (χ1v) is 6.33. The molecule has 3 unspecified atom stereocenters. The van der Waals surface area contributed by atoms with E-state index in [1.54, 1.807) is 0 Å². The molecule has 1 saturated carbocycles. The summed E-state index contributed by atoms with van der Waals surface area (Å²) in [6, 6.07) is 1.03. The summed E-state index contributed by atoms with van der Waals surface area (Å²) in [5.74, 6) is 1.40. The van der Waals surface area contributed by atoms with Crippen molar-refractivity contribution < 1.29 is 4.79 Å². The predicted octanol–water partition coefficient (Wildman–Crippen LogP) is 1.12. The van der Waals surface area contributed by atoms with Crippen molar-refractivity contribution in [1.82, 2.24) is 4.90 Å². The van der Waals surface area contributed by atoms with Crippen molar-refractivity contribution >= 4 is 5.91 Å². The van der Waals surface area contributed by atoms with E-state index in [1.165, 1.54) is 25.7 Å². The Kier molecular flexibility index (Phi) is 2.23. The number of hydrogen-bond donors (Lipinski definition) is 1. The molecule has 3 heteroatoms. The lowest BCUT2D eigenvalue weighted by atomic mass is 9.84. The number of nitrogens with two attached hydrogens (primary N) is 1. The molecule has 2 saturated heterocycles. The van der Waals surface area contributed by atoms with E-state index >= 15 is 0 Å². The first-order chi connectivity index (χ1) is 7.31. The van der Waals surface area contributed by atoms with Gasteiger partial charge in [-0.1, -0.05) is 6.42 Å². The van der Waals surface area contributed by atoms with E-state index in [0.717, 1.165) is 19.4 Å². The van der Waals surface area contributed by atoms with Gasteiger partial charge in [0.2, 0.25) is 5.91 Å². The van der Waals surface area contributed by atoms with E-state index in [1.807, 2.05) is 0 Å². The molecule has 15 heavy (non-hydrogen) atoms. The fourth-order valence-electron chi connectivity index (χ4n) is 3.58. The highest BCUT2D eigenvalue weighted by molar-refractivity contribution is 5.81. The van der Waals surface area contributed by atoms with Crippen molar-refractivity contribution in [3.8, 4) is 0 Å². The van der Waals surface area contributed by atoms with E-state index in [2.05, 4.69) is 4.90 Å². The summed E-state index contributed by atoms with van der Waals surface area (Å²) < 4.78 is 0. The maximum Gasteiger partial charge on any atom is 0.226 e. The molecule has 0 aromatic heterocycles. The van der Waals surface area contributed by atoms with Crippen LogP contribution in [0.15, 0.2) is 0 Å². The number of amides is 1. The molecule has 2 heterocycles.